The first-order valence-electron chi connectivity index (χ1n) is 3.67. The van der Waals surface area contributed by atoms with E-state index in [1.54, 1.807) is 6.07 Å². The number of benzene rings is 1. The van der Waals surface area contributed by atoms with Gasteiger partial charge in [-0.1, -0.05) is 23.2 Å². The van der Waals surface area contributed by atoms with E-state index in [9.17, 15) is 4.39 Å². The molecule has 0 bridgehead atoms. The van der Waals surface area contributed by atoms with Gasteiger partial charge in [-0.25, -0.2) is 4.39 Å². The maximum absolute atomic E-state index is 13.3. The minimum Gasteiger partial charge on any atom is -0.488 e. The van der Waals surface area contributed by atoms with Gasteiger partial charge in [0, 0.05) is 5.56 Å². The Kier molecular flexibility index (Phi) is 2.10. The van der Waals surface area contributed by atoms with Crippen LogP contribution in [0.3, 0.4) is 0 Å². The van der Waals surface area contributed by atoms with Gasteiger partial charge in [-0.3, -0.25) is 0 Å². The van der Waals surface area contributed by atoms with Crippen molar-refractivity contribution >= 4 is 23.2 Å². The first kappa shape index (κ1) is 9.06. The monoisotopic (exact) mass is 221 g/mol. The maximum atomic E-state index is 13.3. The fourth-order valence-electron chi connectivity index (χ4n) is 1.28. The van der Waals surface area contributed by atoms with E-state index in [4.69, 9.17) is 33.7 Å². The highest BCUT2D eigenvalue weighted by atomic mass is 35.5. The molecule has 1 atom stereocenters. The molecule has 1 heterocycles. The number of nitrogens with two attached hydrogens (primary N) is 1. The molecule has 13 heavy (non-hydrogen) atoms. The lowest BCUT2D eigenvalue weighted by Crippen LogP contribution is -2.10. The Bertz CT molecular complexity index is 370. The molecule has 1 aromatic rings. The number of ether oxygens (including phenoxy) is 1. The molecular formula is C8H6Cl2FNO. The van der Waals surface area contributed by atoms with Gasteiger partial charge in [-0.05, 0) is 6.07 Å². The van der Waals surface area contributed by atoms with Gasteiger partial charge in [0.05, 0.1) is 16.1 Å². The molecule has 0 fully saturated rings. The molecule has 0 unspecified atom stereocenters. The summed E-state index contributed by atoms with van der Waals surface area (Å²) in [7, 11) is 0. The largest absolute Gasteiger partial charge is 0.488 e. The fraction of sp³-hybridized carbons (Fsp3) is 0.250. The van der Waals surface area contributed by atoms with E-state index in [1.165, 1.54) is 0 Å². The maximum Gasteiger partial charge on any atom is 0.185 e. The molecule has 1 aliphatic rings. The SMILES string of the molecule is N[C@@H]1COc2c1cc(Cl)c(Cl)c2F. The van der Waals surface area contributed by atoms with Gasteiger partial charge in [0.1, 0.15) is 6.61 Å². The highest BCUT2D eigenvalue weighted by Gasteiger charge is 2.27. The van der Waals surface area contributed by atoms with Crippen LogP contribution >= 0.6 is 23.2 Å². The zero-order chi connectivity index (χ0) is 9.59. The summed E-state index contributed by atoms with van der Waals surface area (Å²) in [6.07, 6.45) is 0. The molecule has 0 amide bonds. The summed E-state index contributed by atoms with van der Waals surface area (Å²) in [6.45, 7) is 0.267. The van der Waals surface area contributed by atoms with Gasteiger partial charge in [0.2, 0.25) is 0 Å². The minimum atomic E-state index is -0.628. The molecule has 2 nitrogen and oxygen atoms in total. The predicted octanol–water partition coefficient (Wildman–Crippen LogP) is 2.52. The number of fused-ring (bicyclic) bond motifs is 1. The third kappa shape index (κ3) is 1.27. The Labute approximate surface area is 84.4 Å². The number of hydrogen-bond donors (Lipinski definition) is 1. The minimum absolute atomic E-state index is 0.116. The number of halogens is 3. The van der Waals surface area contributed by atoms with E-state index >= 15 is 0 Å². The van der Waals surface area contributed by atoms with E-state index in [0.29, 0.717) is 5.56 Å². The number of hydrogen-bond acceptors (Lipinski definition) is 2. The molecular weight excluding hydrogens is 216 g/mol. The standard InChI is InChI=1S/C8H6Cl2FNO/c9-4-1-3-5(12)2-13-8(3)7(11)6(4)10/h1,5H,2,12H2/t5-/m1/s1. The van der Waals surface area contributed by atoms with Gasteiger partial charge in [-0.2, -0.15) is 0 Å². The van der Waals surface area contributed by atoms with Crippen LogP contribution in [-0.2, 0) is 0 Å². The van der Waals surface area contributed by atoms with Crippen LogP contribution in [0.1, 0.15) is 11.6 Å². The molecule has 0 aromatic heterocycles. The van der Waals surface area contributed by atoms with E-state index in [2.05, 4.69) is 0 Å². The Morgan fingerprint density at radius 2 is 2.23 bits per heavy atom. The van der Waals surface area contributed by atoms with Crippen molar-refractivity contribution in [3.63, 3.8) is 0 Å². The van der Waals surface area contributed by atoms with Crippen LogP contribution in [0.5, 0.6) is 5.75 Å². The summed E-state index contributed by atoms with van der Waals surface area (Å²) >= 11 is 11.3. The molecule has 1 aromatic carbocycles. The average molecular weight is 222 g/mol. The van der Waals surface area contributed by atoms with E-state index in [-0.39, 0.29) is 28.4 Å². The summed E-state index contributed by atoms with van der Waals surface area (Å²) in [4.78, 5) is 0. The van der Waals surface area contributed by atoms with Crippen molar-refractivity contribution in [2.45, 2.75) is 6.04 Å². The molecule has 1 aliphatic heterocycles. The number of rotatable bonds is 0. The van der Waals surface area contributed by atoms with Crippen molar-refractivity contribution in [3.05, 3.63) is 27.5 Å². The lowest BCUT2D eigenvalue weighted by molar-refractivity contribution is 0.319. The van der Waals surface area contributed by atoms with Crippen molar-refractivity contribution in [3.8, 4) is 5.75 Å². The molecule has 5 heteroatoms. The average Bonchev–Trinajstić information content (AvgIpc) is 2.45. The van der Waals surface area contributed by atoms with Crippen LogP contribution in [-0.4, -0.2) is 6.61 Å². The quantitative estimate of drug-likeness (QED) is 0.684. The predicted molar refractivity (Wildman–Crippen MR) is 48.8 cm³/mol. The lowest BCUT2D eigenvalue weighted by Gasteiger charge is -2.04. The smallest absolute Gasteiger partial charge is 0.185 e. The Morgan fingerprint density at radius 3 is 2.92 bits per heavy atom. The van der Waals surface area contributed by atoms with Gasteiger partial charge in [-0.15, -0.1) is 0 Å². The van der Waals surface area contributed by atoms with Crippen molar-refractivity contribution < 1.29 is 9.13 Å². The van der Waals surface area contributed by atoms with Crippen molar-refractivity contribution in [2.75, 3.05) is 6.61 Å². The zero-order valence-corrected chi connectivity index (χ0v) is 7.99. The Balaban J connectivity index is 2.67. The molecule has 0 radical (unpaired) electrons. The third-order valence-electron chi connectivity index (χ3n) is 1.95. The van der Waals surface area contributed by atoms with Crippen LogP contribution < -0.4 is 10.5 Å². The van der Waals surface area contributed by atoms with Gasteiger partial charge < -0.3 is 10.5 Å². The van der Waals surface area contributed by atoms with Crippen molar-refractivity contribution in [1.82, 2.24) is 0 Å². The van der Waals surface area contributed by atoms with E-state index in [1.807, 2.05) is 0 Å². The van der Waals surface area contributed by atoms with E-state index in [0.717, 1.165) is 0 Å². The Hall–Kier alpha value is -0.510. The summed E-state index contributed by atoms with van der Waals surface area (Å²) < 4.78 is 18.4. The fourth-order valence-corrected chi connectivity index (χ4v) is 1.62. The van der Waals surface area contributed by atoms with Crippen LogP contribution in [0.2, 0.25) is 10.0 Å². The van der Waals surface area contributed by atoms with Crippen LogP contribution in [0.25, 0.3) is 0 Å². The molecule has 2 N–H and O–H groups in total. The molecule has 0 aliphatic carbocycles. The van der Waals surface area contributed by atoms with Gasteiger partial charge in [0.25, 0.3) is 0 Å². The van der Waals surface area contributed by atoms with Crippen LogP contribution in [0.4, 0.5) is 4.39 Å². The highest BCUT2D eigenvalue weighted by molar-refractivity contribution is 6.42. The topological polar surface area (TPSA) is 35.2 Å². The highest BCUT2D eigenvalue weighted by Crippen LogP contribution is 2.40. The van der Waals surface area contributed by atoms with E-state index < -0.39 is 5.82 Å². The summed E-state index contributed by atoms with van der Waals surface area (Å²) in [6, 6.07) is 1.22. The molecule has 0 spiro atoms. The first-order valence-corrected chi connectivity index (χ1v) is 4.42. The summed E-state index contributed by atoms with van der Waals surface area (Å²) in [5.41, 5.74) is 6.22. The Morgan fingerprint density at radius 1 is 1.54 bits per heavy atom. The van der Waals surface area contributed by atoms with Crippen LogP contribution in [0, 0.1) is 5.82 Å². The normalized spacial score (nSPS) is 19.8. The second-order valence-electron chi connectivity index (χ2n) is 2.82. The van der Waals surface area contributed by atoms with Gasteiger partial charge >= 0.3 is 0 Å². The molecule has 0 saturated carbocycles. The van der Waals surface area contributed by atoms with Gasteiger partial charge in [0.15, 0.2) is 11.6 Å². The second kappa shape index (κ2) is 3.01. The lowest BCUT2D eigenvalue weighted by atomic mass is 10.1. The van der Waals surface area contributed by atoms with Crippen molar-refractivity contribution in [1.29, 1.82) is 0 Å². The summed E-state index contributed by atoms with van der Waals surface area (Å²) in [5.74, 6) is -0.501. The zero-order valence-electron chi connectivity index (χ0n) is 6.48. The summed E-state index contributed by atoms with van der Waals surface area (Å²) in [5, 5.41) is 0.0494. The second-order valence-corrected chi connectivity index (χ2v) is 3.61. The first-order chi connectivity index (χ1) is 6.11. The molecule has 0 saturated heterocycles. The van der Waals surface area contributed by atoms with Crippen molar-refractivity contribution in [2.24, 2.45) is 5.73 Å². The molecule has 70 valence electrons. The third-order valence-corrected chi connectivity index (χ3v) is 2.72. The van der Waals surface area contributed by atoms with Crippen LogP contribution in [0.15, 0.2) is 6.07 Å². The molecule has 2 rings (SSSR count).